The monoisotopic (exact) mass is 281 g/mol. The molecular weight excluding hydrogens is 266 g/mol. The predicted octanol–water partition coefficient (Wildman–Crippen LogP) is 2.15. The molecule has 0 unspecified atom stereocenters. The number of aryl methyl sites for hydroxylation is 1. The van der Waals surface area contributed by atoms with Gasteiger partial charge >= 0.3 is 0 Å². The normalized spacial score (nSPS) is 10.4. The number of nitrogens with one attached hydrogen (secondary N) is 2. The molecule has 0 saturated heterocycles. The zero-order valence-electron chi connectivity index (χ0n) is 11.8. The molecule has 3 rings (SSSR count). The van der Waals surface area contributed by atoms with Gasteiger partial charge in [-0.25, -0.2) is 4.68 Å². The van der Waals surface area contributed by atoms with E-state index in [4.69, 9.17) is 0 Å². The van der Waals surface area contributed by atoms with E-state index in [9.17, 15) is 0 Å². The minimum atomic E-state index is 0.453. The second-order valence-corrected chi connectivity index (χ2v) is 4.47. The van der Waals surface area contributed by atoms with E-state index < -0.39 is 0 Å². The molecule has 0 fully saturated rings. The Morgan fingerprint density at radius 1 is 1.00 bits per heavy atom. The molecule has 0 aliphatic carbocycles. The van der Waals surface area contributed by atoms with Crippen molar-refractivity contribution < 1.29 is 0 Å². The van der Waals surface area contributed by atoms with Crippen molar-refractivity contribution in [1.82, 2.24) is 24.7 Å². The minimum absolute atomic E-state index is 0.453. The molecule has 0 amide bonds. The van der Waals surface area contributed by atoms with Crippen molar-refractivity contribution in [3.05, 3.63) is 48.3 Å². The van der Waals surface area contributed by atoms with E-state index in [0.717, 1.165) is 5.69 Å². The highest BCUT2D eigenvalue weighted by molar-refractivity contribution is 5.55. The second kappa shape index (κ2) is 5.58. The molecule has 0 aliphatic rings. The van der Waals surface area contributed by atoms with Crippen molar-refractivity contribution in [3.63, 3.8) is 0 Å². The summed E-state index contributed by atoms with van der Waals surface area (Å²) in [6.07, 6.45) is 3.46. The molecule has 0 saturated carbocycles. The number of anilines is 3. The summed E-state index contributed by atoms with van der Waals surface area (Å²) >= 11 is 0. The lowest BCUT2D eigenvalue weighted by Crippen LogP contribution is -2.09. The smallest absolute Gasteiger partial charge is 0.257 e. The van der Waals surface area contributed by atoms with Crippen molar-refractivity contribution in [1.29, 1.82) is 0 Å². The molecule has 0 radical (unpaired) electrons. The van der Waals surface area contributed by atoms with Gasteiger partial charge in [0.05, 0.1) is 0 Å². The molecule has 2 aromatic heterocycles. The van der Waals surface area contributed by atoms with Crippen LogP contribution in [0, 0.1) is 6.92 Å². The van der Waals surface area contributed by atoms with Gasteiger partial charge in [-0.15, -0.1) is 0 Å². The van der Waals surface area contributed by atoms with Crippen molar-refractivity contribution >= 4 is 17.6 Å². The molecule has 0 atom stereocenters. The van der Waals surface area contributed by atoms with Gasteiger partial charge in [-0.1, -0.05) is 17.7 Å². The zero-order chi connectivity index (χ0) is 14.7. The average molecular weight is 281 g/mol. The maximum absolute atomic E-state index is 4.37. The third-order valence-corrected chi connectivity index (χ3v) is 2.86. The molecule has 1 aromatic carbocycles. The van der Waals surface area contributed by atoms with Gasteiger partial charge in [0, 0.05) is 25.1 Å². The molecular formula is C14H15N7. The van der Waals surface area contributed by atoms with Crippen molar-refractivity contribution in [2.75, 3.05) is 17.7 Å². The van der Waals surface area contributed by atoms with Crippen LogP contribution in [-0.2, 0) is 0 Å². The van der Waals surface area contributed by atoms with Crippen molar-refractivity contribution in [2.45, 2.75) is 6.92 Å². The molecule has 21 heavy (non-hydrogen) atoms. The van der Waals surface area contributed by atoms with Gasteiger partial charge in [0.2, 0.25) is 11.9 Å². The van der Waals surface area contributed by atoms with Gasteiger partial charge in [-0.05, 0) is 25.1 Å². The maximum atomic E-state index is 4.37. The summed E-state index contributed by atoms with van der Waals surface area (Å²) in [5, 5.41) is 10.2. The fourth-order valence-corrected chi connectivity index (χ4v) is 1.79. The Bertz CT molecular complexity index is 720. The average Bonchev–Trinajstić information content (AvgIpc) is 3.04. The fourth-order valence-electron chi connectivity index (χ4n) is 1.79. The first-order valence-corrected chi connectivity index (χ1v) is 6.52. The predicted molar refractivity (Wildman–Crippen MR) is 81.0 cm³/mol. The van der Waals surface area contributed by atoms with Crippen LogP contribution in [0.2, 0.25) is 0 Å². The number of hydrogen-bond donors (Lipinski definition) is 2. The van der Waals surface area contributed by atoms with Gasteiger partial charge in [0.25, 0.3) is 5.95 Å². The Kier molecular flexibility index (Phi) is 3.46. The van der Waals surface area contributed by atoms with Crippen LogP contribution in [0.5, 0.6) is 0 Å². The SMILES string of the molecule is CNc1nc(Nc2ccc(C)cc2)nc(-n2cccn2)n1. The van der Waals surface area contributed by atoms with E-state index in [1.807, 2.05) is 37.3 Å². The molecule has 0 bridgehead atoms. The van der Waals surface area contributed by atoms with Gasteiger partial charge in [-0.2, -0.15) is 20.1 Å². The Hall–Kier alpha value is -2.96. The third-order valence-electron chi connectivity index (χ3n) is 2.86. The summed E-state index contributed by atoms with van der Waals surface area (Å²) in [6, 6.07) is 9.82. The van der Waals surface area contributed by atoms with E-state index in [2.05, 4.69) is 30.7 Å². The lowest BCUT2D eigenvalue weighted by atomic mass is 10.2. The lowest BCUT2D eigenvalue weighted by Gasteiger charge is -2.08. The van der Waals surface area contributed by atoms with Crippen LogP contribution >= 0.6 is 0 Å². The molecule has 0 spiro atoms. The first-order chi connectivity index (χ1) is 10.2. The summed E-state index contributed by atoms with van der Waals surface area (Å²) in [7, 11) is 1.76. The lowest BCUT2D eigenvalue weighted by molar-refractivity contribution is 0.800. The van der Waals surface area contributed by atoms with Crippen LogP contribution in [0.1, 0.15) is 5.56 Å². The Labute approximate surface area is 122 Å². The minimum Gasteiger partial charge on any atom is -0.357 e. The van der Waals surface area contributed by atoms with Gasteiger partial charge in [0.1, 0.15) is 0 Å². The van der Waals surface area contributed by atoms with Crippen LogP contribution in [0.4, 0.5) is 17.6 Å². The highest BCUT2D eigenvalue weighted by atomic mass is 15.4. The quantitative estimate of drug-likeness (QED) is 0.762. The van der Waals surface area contributed by atoms with Gasteiger partial charge < -0.3 is 10.6 Å². The van der Waals surface area contributed by atoms with Crippen LogP contribution < -0.4 is 10.6 Å². The van der Waals surface area contributed by atoms with E-state index in [0.29, 0.717) is 17.8 Å². The molecule has 3 aromatic rings. The molecule has 2 heterocycles. The summed E-state index contributed by atoms with van der Waals surface area (Å²) in [5.74, 6) is 1.39. The van der Waals surface area contributed by atoms with E-state index >= 15 is 0 Å². The molecule has 7 nitrogen and oxygen atoms in total. The Morgan fingerprint density at radius 3 is 2.43 bits per heavy atom. The third kappa shape index (κ3) is 2.97. The second-order valence-electron chi connectivity index (χ2n) is 4.47. The largest absolute Gasteiger partial charge is 0.357 e. The Balaban J connectivity index is 1.94. The summed E-state index contributed by atoms with van der Waals surface area (Å²) in [6.45, 7) is 2.04. The van der Waals surface area contributed by atoms with Crippen molar-refractivity contribution in [2.24, 2.45) is 0 Å². The number of aromatic nitrogens is 5. The van der Waals surface area contributed by atoms with Crippen LogP contribution in [0.3, 0.4) is 0 Å². The standard InChI is InChI=1S/C14H15N7/c1-10-4-6-11(7-5-10)17-13-18-12(15-2)19-14(20-13)21-9-3-8-16-21/h3-9H,1-2H3,(H2,15,17,18,19,20). The number of benzene rings is 1. The Morgan fingerprint density at radius 2 is 1.76 bits per heavy atom. The van der Waals surface area contributed by atoms with Crippen LogP contribution in [0.25, 0.3) is 5.95 Å². The highest BCUT2D eigenvalue weighted by Gasteiger charge is 2.07. The number of rotatable bonds is 4. The summed E-state index contributed by atoms with van der Waals surface area (Å²) in [4.78, 5) is 12.9. The van der Waals surface area contributed by atoms with Crippen LogP contribution in [-0.4, -0.2) is 31.8 Å². The first kappa shape index (κ1) is 13.0. The van der Waals surface area contributed by atoms with Gasteiger partial charge in [0.15, 0.2) is 0 Å². The number of hydrogen-bond acceptors (Lipinski definition) is 6. The highest BCUT2D eigenvalue weighted by Crippen LogP contribution is 2.15. The topological polar surface area (TPSA) is 80.5 Å². The summed E-state index contributed by atoms with van der Waals surface area (Å²) < 4.78 is 1.59. The summed E-state index contributed by atoms with van der Waals surface area (Å²) in [5.41, 5.74) is 2.12. The van der Waals surface area contributed by atoms with Crippen molar-refractivity contribution in [3.8, 4) is 5.95 Å². The molecule has 2 N–H and O–H groups in total. The van der Waals surface area contributed by atoms with E-state index in [-0.39, 0.29) is 0 Å². The van der Waals surface area contributed by atoms with E-state index in [1.54, 1.807) is 24.1 Å². The molecule has 7 heteroatoms. The van der Waals surface area contributed by atoms with Gasteiger partial charge in [-0.3, -0.25) is 0 Å². The zero-order valence-corrected chi connectivity index (χ0v) is 11.8. The molecule has 106 valence electrons. The number of nitrogens with zero attached hydrogens (tertiary/aromatic N) is 5. The molecule has 0 aliphatic heterocycles. The first-order valence-electron chi connectivity index (χ1n) is 6.52. The maximum Gasteiger partial charge on any atom is 0.257 e. The van der Waals surface area contributed by atoms with E-state index in [1.165, 1.54) is 5.56 Å². The van der Waals surface area contributed by atoms with Crippen LogP contribution in [0.15, 0.2) is 42.7 Å². The fraction of sp³-hybridized carbons (Fsp3) is 0.143.